The Morgan fingerprint density at radius 2 is 2.09 bits per heavy atom. The molecule has 2 aliphatic rings. The zero-order valence-electron chi connectivity index (χ0n) is 12.4. The van der Waals surface area contributed by atoms with Crippen LogP contribution in [0.2, 0.25) is 0 Å². The van der Waals surface area contributed by atoms with Crippen molar-refractivity contribution in [2.24, 2.45) is 0 Å². The minimum Gasteiger partial charge on any atom is -0.377 e. The lowest BCUT2D eigenvalue weighted by atomic mass is 10.1. The second-order valence-corrected chi connectivity index (χ2v) is 7.01. The first-order valence-corrected chi connectivity index (χ1v) is 8.79. The van der Waals surface area contributed by atoms with Crippen LogP contribution in [0.5, 0.6) is 0 Å². The zero-order chi connectivity index (χ0) is 15.5. The van der Waals surface area contributed by atoms with Crippen molar-refractivity contribution in [3.63, 3.8) is 0 Å². The zero-order valence-corrected chi connectivity index (χ0v) is 14.6. The number of hydrogen-bond acceptors (Lipinski definition) is 3. The van der Waals surface area contributed by atoms with Crippen molar-refractivity contribution in [3.8, 4) is 0 Å². The summed E-state index contributed by atoms with van der Waals surface area (Å²) in [6.07, 6.45) is 2.67. The molecule has 0 aromatic heterocycles. The number of nitrogens with zero attached hydrogens (tertiary/aromatic N) is 2. The Hall–Kier alpha value is -0.730. The fraction of sp³-hybridized carbons (Fsp3) is 0.562. The van der Waals surface area contributed by atoms with Crippen LogP contribution in [0.4, 0.5) is 4.39 Å². The molecule has 2 fully saturated rings. The first-order chi connectivity index (χ1) is 10.6. The molecular weight excluding hydrogens is 398 g/mol. The lowest BCUT2D eigenvalue weighted by Crippen LogP contribution is -2.50. The van der Waals surface area contributed by atoms with Gasteiger partial charge in [-0.05, 0) is 53.6 Å². The highest BCUT2D eigenvalue weighted by Crippen LogP contribution is 2.18. The maximum Gasteiger partial charge on any atom is 0.255 e. The molecule has 1 amide bonds. The number of carbonyl (C=O) groups excluding carboxylic acids is 1. The SMILES string of the molecule is O=C(c1ccc(F)cc1I)N1CCN(CC2CCCO2)CC1. The van der Waals surface area contributed by atoms with E-state index in [1.165, 1.54) is 12.1 Å². The number of ether oxygens (including phenoxy) is 1. The summed E-state index contributed by atoms with van der Waals surface area (Å²) in [7, 11) is 0. The molecule has 6 heteroatoms. The largest absolute Gasteiger partial charge is 0.377 e. The van der Waals surface area contributed by atoms with Crippen molar-refractivity contribution in [2.45, 2.75) is 18.9 Å². The molecule has 0 N–H and O–H groups in total. The van der Waals surface area contributed by atoms with E-state index in [4.69, 9.17) is 4.74 Å². The molecule has 0 aliphatic carbocycles. The normalized spacial score (nSPS) is 23.0. The van der Waals surface area contributed by atoms with E-state index in [0.29, 0.717) is 15.2 Å². The fourth-order valence-electron chi connectivity index (χ4n) is 3.04. The molecule has 0 bridgehead atoms. The van der Waals surface area contributed by atoms with Gasteiger partial charge in [-0.1, -0.05) is 0 Å². The third kappa shape index (κ3) is 3.78. The summed E-state index contributed by atoms with van der Waals surface area (Å²) in [6, 6.07) is 4.34. The van der Waals surface area contributed by atoms with Crippen LogP contribution in [0.25, 0.3) is 0 Å². The smallest absolute Gasteiger partial charge is 0.255 e. The van der Waals surface area contributed by atoms with Crippen molar-refractivity contribution >= 4 is 28.5 Å². The van der Waals surface area contributed by atoms with E-state index in [2.05, 4.69) is 4.90 Å². The molecule has 4 nitrogen and oxygen atoms in total. The van der Waals surface area contributed by atoms with Crippen LogP contribution in [0.3, 0.4) is 0 Å². The van der Waals surface area contributed by atoms with Crippen molar-refractivity contribution < 1.29 is 13.9 Å². The molecule has 22 heavy (non-hydrogen) atoms. The molecular formula is C16H20FIN2O2. The Labute approximate surface area is 143 Å². The van der Waals surface area contributed by atoms with Crippen LogP contribution in [0.15, 0.2) is 18.2 Å². The van der Waals surface area contributed by atoms with Crippen LogP contribution in [-0.2, 0) is 4.74 Å². The Kier molecular flexibility index (Phi) is 5.30. The van der Waals surface area contributed by atoms with Gasteiger partial charge in [0.15, 0.2) is 0 Å². The third-order valence-corrected chi connectivity index (χ3v) is 5.20. The van der Waals surface area contributed by atoms with Gasteiger partial charge in [0, 0.05) is 42.9 Å². The fourth-order valence-corrected chi connectivity index (χ4v) is 3.75. The van der Waals surface area contributed by atoms with Gasteiger partial charge in [0.1, 0.15) is 5.82 Å². The number of amides is 1. The highest BCUT2D eigenvalue weighted by atomic mass is 127. The molecule has 0 spiro atoms. The van der Waals surface area contributed by atoms with Gasteiger partial charge < -0.3 is 9.64 Å². The number of halogens is 2. The summed E-state index contributed by atoms with van der Waals surface area (Å²) in [4.78, 5) is 16.8. The van der Waals surface area contributed by atoms with Gasteiger partial charge in [0.25, 0.3) is 5.91 Å². The van der Waals surface area contributed by atoms with Crippen LogP contribution < -0.4 is 0 Å². The maximum atomic E-state index is 13.1. The van der Waals surface area contributed by atoms with Gasteiger partial charge in [0.05, 0.1) is 11.7 Å². The number of benzene rings is 1. The van der Waals surface area contributed by atoms with Crippen LogP contribution in [-0.4, -0.2) is 61.1 Å². The topological polar surface area (TPSA) is 32.8 Å². The summed E-state index contributed by atoms with van der Waals surface area (Å²) >= 11 is 2.02. The summed E-state index contributed by atoms with van der Waals surface area (Å²) in [5, 5.41) is 0. The van der Waals surface area contributed by atoms with Gasteiger partial charge in [-0.2, -0.15) is 0 Å². The van der Waals surface area contributed by atoms with E-state index >= 15 is 0 Å². The number of hydrogen-bond donors (Lipinski definition) is 0. The third-order valence-electron chi connectivity index (χ3n) is 4.31. The van der Waals surface area contributed by atoms with Crippen molar-refractivity contribution in [1.82, 2.24) is 9.80 Å². The minimum absolute atomic E-state index is 0.00108. The Morgan fingerprint density at radius 3 is 2.73 bits per heavy atom. The predicted molar refractivity (Wildman–Crippen MR) is 90.4 cm³/mol. The molecule has 1 atom stereocenters. The van der Waals surface area contributed by atoms with E-state index in [9.17, 15) is 9.18 Å². The van der Waals surface area contributed by atoms with Crippen LogP contribution in [0, 0.1) is 9.39 Å². The monoisotopic (exact) mass is 418 g/mol. The van der Waals surface area contributed by atoms with Gasteiger partial charge in [-0.15, -0.1) is 0 Å². The molecule has 120 valence electrons. The molecule has 0 radical (unpaired) electrons. The van der Waals surface area contributed by atoms with Gasteiger partial charge in [0.2, 0.25) is 0 Å². The van der Waals surface area contributed by atoms with E-state index in [-0.39, 0.29) is 11.7 Å². The Balaban J connectivity index is 1.55. The Bertz CT molecular complexity index is 541. The summed E-state index contributed by atoms with van der Waals surface area (Å²) in [5.41, 5.74) is 0.592. The average Bonchev–Trinajstić information content (AvgIpc) is 3.00. The first kappa shape index (κ1) is 16.1. The molecule has 3 rings (SSSR count). The second kappa shape index (κ2) is 7.23. The second-order valence-electron chi connectivity index (χ2n) is 5.85. The molecule has 1 aromatic carbocycles. The lowest BCUT2D eigenvalue weighted by molar-refractivity contribution is 0.0432. The lowest BCUT2D eigenvalue weighted by Gasteiger charge is -2.35. The molecule has 1 unspecified atom stereocenters. The molecule has 2 heterocycles. The highest BCUT2D eigenvalue weighted by Gasteiger charge is 2.26. The first-order valence-electron chi connectivity index (χ1n) is 7.72. The van der Waals surface area contributed by atoms with E-state index < -0.39 is 0 Å². The molecule has 2 saturated heterocycles. The summed E-state index contributed by atoms with van der Waals surface area (Å²) in [6.45, 7) is 5.05. The summed E-state index contributed by atoms with van der Waals surface area (Å²) < 4.78 is 19.5. The molecule has 1 aromatic rings. The minimum atomic E-state index is -0.303. The average molecular weight is 418 g/mol. The number of rotatable bonds is 3. The molecule has 2 aliphatic heterocycles. The standard InChI is InChI=1S/C16H20FIN2O2/c17-12-3-4-14(15(18)10-12)16(21)20-7-5-19(6-8-20)11-13-2-1-9-22-13/h3-4,10,13H,1-2,5-9,11H2. The van der Waals surface area contributed by atoms with Crippen molar-refractivity contribution in [3.05, 3.63) is 33.1 Å². The molecule has 0 saturated carbocycles. The van der Waals surface area contributed by atoms with E-state index in [1.54, 1.807) is 6.07 Å². The van der Waals surface area contributed by atoms with Crippen LogP contribution >= 0.6 is 22.6 Å². The van der Waals surface area contributed by atoms with Gasteiger partial charge >= 0.3 is 0 Å². The van der Waals surface area contributed by atoms with Crippen molar-refractivity contribution in [1.29, 1.82) is 0 Å². The predicted octanol–water partition coefficient (Wildman–Crippen LogP) is 2.37. The van der Waals surface area contributed by atoms with Crippen LogP contribution in [0.1, 0.15) is 23.2 Å². The van der Waals surface area contributed by atoms with Gasteiger partial charge in [-0.3, -0.25) is 9.69 Å². The maximum absolute atomic E-state index is 13.1. The number of piperazine rings is 1. The van der Waals surface area contributed by atoms with Crippen molar-refractivity contribution in [2.75, 3.05) is 39.3 Å². The highest BCUT2D eigenvalue weighted by molar-refractivity contribution is 14.1. The van der Waals surface area contributed by atoms with Gasteiger partial charge in [-0.25, -0.2) is 4.39 Å². The number of carbonyl (C=O) groups is 1. The van der Waals surface area contributed by atoms with E-state index in [0.717, 1.165) is 52.2 Å². The quantitative estimate of drug-likeness (QED) is 0.707. The summed E-state index contributed by atoms with van der Waals surface area (Å²) in [5.74, 6) is -0.302. The Morgan fingerprint density at radius 1 is 1.32 bits per heavy atom. The van der Waals surface area contributed by atoms with E-state index in [1.807, 2.05) is 27.5 Å².